The number of carbonyl (C=O) groups is 2. The van der Waals surface area contributed by atoms with Crippen LogP contribution in [0, 0.1) is 11.3 Å². The van der Waals surface area contributed by atoms with E-state index in [1.165, 1.54) is 32.1 Å². The highest BCUT2D eigenvalue weighted by molar-refractivity contribution is 5.98. The van der Waals surface area contributed by atoms with Gasteiger partial charge in [0.15, 0.2) is 17.2 Å². The molecule has 2 rings (SSSR count). The summed E-state index contributed by atoms with van der Waals surface area (Å²) in [5.41, 5.74) is 6.66. The fourth-order valence-electron chi connectivity index (χ4n) is 3.04. The zero-order valence-electron chi connectivity index (χ0n) is 17.1. The number of amides is 1. The van der Waals surface area contributed by atoms with Gasteiger partial charge in [0.1, 0.15) is 6.07 Å². The van der Waals surface area contributed by atoms with Crippen LogP contribution in [0.3, 0.4) is 0 Å². The first-order valence-corrected chi connectivity index (χ1v) is 8.93. The minimum absolute atomic E-state index is 0.0270. The highest BCUT2D eigenvalue weighted by atomic mass is 16.5. The van der Waals surface area contributed by atoms with Gasteiger partial charge < -0.3 is 29.4 Å². The number of ether oxygens (including phenoxy) is 3. The first kappa shape index (κ1) is 21.6. The van der Waals surface area contributed by atoms with Crippen LogP contribution in [0.1, 0.15) is 40.3 Å². The third kappa shape index (κ3) is 3.82. The molecule has 2 aromatic rings. The van der Waals surface area contributed by atoms with Crippen molar-refractivity contribution in [3.8, 4) is 23.3 Å². The van der Waals surface area contributed by atoms with Crippen molar-refractivity contribution < 1.29 is 23.8 Å². The molecule has 0 atom stereocenters. The van der Waals surface area contributed by atoms with Gasteiger partial charge in [-0.25, -0.2) is 4.79 Å². The largest absolute Gasteiger partial charge is 0.493 e. The molecule has 1 aromatic carbocycles. The molecule has 0 fully saturated rings. The van der Waals surface area contributed by atoms with Crippen molar-refractivity contribution >= 4 is 17.6 Å². The summed E-state index contributed by atoms with van der Waals surface area (Å²) in [4.78, 5) is 26.9. The highest BCUT2D eigenvalue weighted by Gasteiger charge is 2.26. The molecule has 1 heterocycles. The van der Waals surface area contributed by atoms with Crippen molar-refractivity contribution in [1.29, 1.82) is 5.26 Å². The summed E-state index contributed by atoms with van der Waals surface area (Å²) >= 11 is 0. The molecule has 0 bridgehead atoms. The van der Waals surface area contributed by atoms with E-state index in [1.807, 2.05) is 19.9 Å². The van der Waals surface area contributed by atoms with Crippen LogP contribution in [-0.4, -0.2) is 55.8 Å². The van der Waals surface area contributed by atoms with E-state index in [2.05, 4.69) is 0 Å². The standard InChI is InChI=1S/C20H24N4O5/c1-6-23(7-2)19(25)12-8-14(18(28-4)15(9-12)27-3)24-11-13(10-21)16(22)17(24)20(26)29-5/h8-9,11H,6-7,22H2,1-5H3. The zero-order chi connectivity index (χ0) is 21.7. The minimum atomic E-state index is -0.731. The summed E-state index contributed by atoms with van der Waals surface area (Å²) in [6.45, 7) is 4.82. The minimum Gasteiger partial charge on any atom is -0.493 e. The van der Waals surface area contributed by atoms with Crippen LogP contribution < -0.4 is 15.2 Å². The molecule has 29 heavy (non-hydrogen) atoms. The van der Waals surface area contributed by atoms with Gasteiger partial charge in [0.05, 0.1) is 38.3 Å². The van der Waals surface area contributed by atoms with Crippen molar-refractivity contribution in [1.82, 2.24) is 9.47 Å². The van der Waals surface area contributed by atoms with Gasteiger partial charge in [0.25, 0.3) is 5.91 Å². The predicted octanol–water partition coefficient (Wildman–Crippen LogP) is 2.22. The number of nitrogens with two attached hydrogens (primary N) is 1. The topological polar surface area (TPSA) is 120 Å². The summed E-state index contributed by atoms with van der Waals surface area (Å²) in [6.07, 6.45) is 1.39. The smallest absolute Gasteiger partial charge is 0.357 e. The van der Waals surface area contributed by atoms with E-state index < -0.39 is 5.97 Å². The normalized spacial score (nSPS) is 10.2. The van der Waals surface area contributed by atoms with Crippen LogP contribution in [0.15, 0.2) is 18.3 Å². The van der Waals surface area contributed by atoms with E-state index in [-0.39, 0.29) is 28.6 Å². The number of aromatic nitrogens is 1. The fraction of sp³-hybridized carbons (Fsp3) is 0.350. The second kappa shape index (κ2) is 9.01. The molecule has 1 amide bonds. The predicted molar refractivity (Wildman–Crippen MR) is 107 cm³/mol. The zero-order valence-corrected chi connectivity index (χ0v) is 17.1. The molecular weight excluding hydrogens is 376 g/mol. The fourth-order valence-corrected chi connectivity index (χ4v) is 3.04. The Balaban J connectivity index is 2.85. The lowest BCUT2D eigenvalue weighted by atomic mass is 10.1. The number of carbonyl (C=O) groups excluding carboxylic acids is 2. The van der Waals surface area contributed by atoms with Gasteiger partial charge in [0.2, 0.25) is 0 Å². The number of hydrogen-bond acceptors (Lipinski definition) is 7. The Hall–Kier alpha value is -3.67. The van der Waals surface area contributed by atoms with Gasteiger partial charge in [-0.1, -0.05) is 0 Å². The maximum Gasteiger partial charge on any atom is 0.357 e. The van der Waals surface area contributed by atoms with Crippen LogP contribution in [-0.2, 0) is 4.74 Å². The second-order valence-electron chi connectivity index (χ2n) is 5.99. The van der Waals surface area contributed by atoms with Crippen molar-refractivity contribution in [3.05, 3.63) is 35.2 Å². The van der Waals surface area contributed by atoms with E-state index in [1.54, 1.807) is 17.0 Å². The monoisotopic (exact) mass is 400 g/mol. The summed E-state index contributed by atoms with van der Waals surface area (Å²) in [5.74, 6) is -0.377. The average molecular weight is 400 g/mol. The molecule has 154 valence electrons. The Morgan fingerprint density at radius 3 is 2.31 bits per heavy atom. The Morgan fingerprint density at radius 1 is 1.17 bits per heavy atom. The Labute approximate surface area is 169 Å². The van der Waals surface area contributed by atoms with Crippen LogP contribution >= 0.6 is 0 Å². The van der Waals surface area contributed by atoms with Crippen LogP contribution in [0.25, 0.3) is 5.69 Å². The van der Waals surface area contributed by atoms with Gasteiger partial charge in [-0.3, -0.25) is 4.79 Å². The van der Waals surface area contributed by atoms with Gasteiger partial charge in [-0.15, -0.1) is 0 Å². The van der Waals surface area contributed by atoms with Gasteiger partial charge in [-0.2, -0.15) is 5.26 Å². The van der Waals surface area contributed by atoms with E-state index >= 15 is 0 Å². The Morgan fingerprint density at radius 2 is 1.83 bits per heavy atom. The van der Waals surface area contributed by atoms with Crippen LogP contribution in [0.5, 0.6) is 11.5 Å². The number of nitrogen functional groups attached to an aromatic ring is 1. The van der Waals surface area contributed by atoms with Gasteiger partial charge in [0, 0.05) is 24.8 Å². The summed E-state index contributed by atoms with van der Waals surface area (Å²) < 4.78 is 17.1. The molecule has 0 unspecified atom stereocenters. The summed E-state index contributed by atoms with van der Waals surface area (Å²) in [6, 6.07) is 5.08. The lowest BCUT2D eigenvalue weighted by Crippen LogP contribution is -2.30. The maximum absolute atomic E-state index is 12.9. The molecule has 0 aliphatic carbocycles. The average Bonchev–Trinajstić information content (AvgIpc) is 3.08. The Kier molecular flexibility index (Phi) is 6.72. The molecule has 0 saturated carbocycles. The number of nitriles is 1. The van der Waals surface area contributed by atoms with Gasteiger partial charge >= 0.3 is 5.97 Å². The molecule has 0 aliphatic heterocycles. The first-order valence-electron chi connectivity index (χ1n) is 8.93. The number of hydrogen-bond donors (Lipinski definition) is 1. The third-order valence-corrected chi connectivity index (χ3v) is 4.56. The van der Waals surface area contributed by atoms with Crippen molar-refractivity contribution in [2.24, 2.45) is 0 Å². The lowest BCUT2D eigenvalue weighted by Gasteiger charge is -2.21. The summed E-state index contributed by atoms with van der Waals surface area (Å²) in [7, 11) is 4.09. The van der Waals surface area contributed by atoms with Crippen LogP contribution in [0.4, 0.5) is 5.69 Å². The molecule has 0 radical (unpaired) electrons. The number of anilines is 1. The number of esters is 1. The van der Waals surface area contributed by atoms with Crippen molar-refractivity contribution in [2.75, 3.05) is 40.2 Å². The number of nitrogens with zero attached hydrogens (tertiary/aromatic N) is 3. The maximum atomic E-state index is 12.9. The van der Waals surface area contributed by atoms with Crippen molar-refractivity contribution in [3.63, 3.8) is 0 Å². The second-order valence-corrected chi connectivity index (χ2v) is 5.99. The van der Waals surface area contributed by atoms with E-state index in [0.29, 0.717) is 30.1 Å². The van der Waals surface area contributed by atoms with E-state index in [4.69, 9.17) is 19.9 Å². The van der Waals surface area contributed by atoms with Crippen LogP contribution in [0.2, 0.25) is 0 Å². The van der Waals surface area contributed by atoms with E-state index in [9.17, 15) is 14.9 Å². The number of rotatable bonds is 7. The molecule has 9 heteroatoms. The van der Waals surface area contributed by atoms with Gasteiger partial charge in [-0.05, 0) is 26.0 Å². The molecule has 1 aromatic heterocycles. The highest BCUT2D eigenvalue weighted by Crippen LogP contribution is 2.38. The number of methoxy groups -OCH3 is 3. The molecule has 0 spiro atoms. The van der Waals surface area contributed by atoms with E-state index in [0.717, 1.165) is 0 Å². The first-order chi connectivity index (χ1) is 13.9. The number of benzene rings is 1. The molecule has 0 aliphatic rings. The third-order valence-electron chi connectivity index (χ3n) is 4.56. The SMILES string of the molecule is CCN(CC)C(=O)c1cc(OC)c(OC)c(-n2cc(C#N)c(N)c2C(=O)OC)c1. The summed E-state index contributed by atoms with van der Waals surface area (Å²) in [5, 5.41) is 9.35. The van der Waals surface area contributed by atoms with Crippen molar-refractivity contribution in [2.45, 2.75) is 13.8 Å². The lowest BCUT2D eigenvalue weighted by molar-refractivity contribution is 0.0592. The molecular formula is C20H24N4O5. The quantitative estimate of drug-likeness (QED) is 0.708. The Bertz CT molecular complexity index is 970. The molecule has 2 N–H and O–H groups in total. The molecule has 9 nitrogen and oxygen atoms in total. The molecule has 0 saturated heterocycles.